The summed E-state index contributed by atoms with van der Waals surface area (Å²) in [4.78, 5) is 29.6. The number of carbonyl (C=O) groups is 2. The third-order valence-electron chi connectivity index (χ3n) is 4.36. The van der Waals surface area contributed by atoms with E-state index in [4.69, 9.17) is 17.0 Å². The lowest BCUT2D eigenvalue weighted by molar-refractivity contribution is 0.102. The monoisotopic (exact) mass is 421 g/mol. The largest absolute Gasteiger partial charge is 0.387 e. The van der Waals surface area contributed by atoms with Crippen molar-refractivity contribution in [3.63, 3.8) is 0 Å². The van der Waals surface area contributed by atoms with Crippen LogP contribution in [0.4, 0.5) is 17.2 Å². The molecule has 3 rings (SSSR count). The predicted octanol–water partition coefficient (Wildman–Crippen LogP) is 4.67. The summed E-state index contributed by atoms with van der Waals surface area (Å²) < 4.78 is 0. The van der Waals surface area contributed by atoms with Crippen LogP contribution in [0.1, 0.15) is 33.2 Å². The van der Waals surface area contributed by atoms with Crippen LogP contribution in [0.2, 0.25) is 5.02 Å². The third-order valence-corrected chi connectivity index (χ3v) is 4.58. The number of carbonyl (C=O) groups excluding carboxylic acids is 2. The van der Waals surface area contributed by atoms with Gasteiger partial charge in [0.05, 0.1) is 21.8 Å². The molecular weight excluding hydrogens is 402 g/mol. The number of nitrogens with zero attached hydrogens (tertiary/aromatic N) is 1. The lowest BCUT2D eigenvalue weighted by atomic mass is 10.0. The van der Waals surface area contributed by atoms with E-state index in [9.17, 15) is 9.59 Å². The first-order valence-electron chi connectivity index (χ1n) is 9.09. The van der Waals surface area contributed by atoms with E-state index in [1.54, 1.807) is 68.6 Å². The Morgan fingerprint density at radius 3 is 2.30 bits per heavy atom. The highest BCUT2D eigenvalue weighted by molar-refractivity contribution is 6.30. The molecule has 4 N–H and O–H groups in total. The zero-order chi connectivity index (χ0) is 21.7. The number of rotatable bonds is 6. The standard InChI is InChI=1S/C22H20ClN5O2/c1-13(24)14-7-9-17(19(11-14)25-2)21(29)27-18-6-4-3-5-16(18)22(30)28-20-10-8-15(23)12-26-20/h3-12,24-25H,1-2H3,(H,27,29)(H,26,28,30). The van der Waals surface area contributed by atoms with E-state index < -0.39 is 5.91 Å². The van der Waals surface area contributed by atoms with Crippen LogP contribution in [0, 0.1) is 5.41 Å². The van der Waals surface area contributed by atoms with Gasteiger partial charge in [-0.15, -0.1) is 0 Å². The Morgan fingerprint density at radius 1 is 0.933 bits per heavy atom. The van der Waals surface area contributed by atoms with Gasteiger partial charge in [-0.25, -0.2) is 4.98 Å². The fourth-order valence-electron chi connectivity index (χ4n) is 2.80. The number of hydrogen-bond acceptors (Lipinski definition) is 5. The van der Waals surface area contributed by atoms with E-state index in [1.807, 2.05) is 0 Å². The molecule has 2 aromatic carbocycles. The summed E-state index contributed by atoms with van der Waals surface area (Å²) in [6.07, 6.45) is 1.43. The molecule has 3 aromatic rings. The van der Waals surface area contributed by atoms with E-state index in [1.165, 1.54) is 6.20 Å². The number of nitrogens with one attached hydrogen (secondary N) is 4. The molecule has 2 amide bonds. The molecule has 0 radical (unpaired) electrons. The summed E-state index contributed by atoms with van der Waals surface area (Å²) in [5.74, 6) is -0.441. The van der Waals surface area contributed by atoms with Gasteiger partial charge in [0.1, 0.15) is 5.82 Å². The zero-order valence-electron chi connectivity index (χ0n) is 16.4. The van der Waals surface area contributed by atoms with Crippen LogP contribution in [0.5, 0.6) is 0 Å². The highest BCUT2D eigenvalue weighted by Gasteiger charge is 2.17. The molecule has 0 aliphatic carbocycles. The van der Waals surface area contributed by atoms with Gasteiger partial charge < -0.3 is 21.4 Å². The van der Waals surface area contributed by atoms with Crippen LogP contribution in [0.3, 0.4) is 0 Å². The number of para-hydroxylation sites is 1. The van der Waals surface area contributed by atoms with E-state index >= 15 is 0 Å². The molecule has 0 bridgehead atoms. The van der Waals surface area contributed by atoms with Gasteiger partial charge in [0, 0.05) is 24.6 Å². The van der Waals surface area contributed by atoms with E-state index in [2.05, 4.69) is 20.9 Å². The summed E-state index contributed by atoms with van der Waals surface area (Å²) in [5, 5.41) is 16.7. The third kappa shape index (κ3) is 4.82. The first-order chi connectivity index (χ1) is 14.4. The number of benzene rings is 2. The van der Waals surface area contributed by atoms with Gasteiger partial charge in [-0.05, 0) is 48.9 Å². The average Bonchev–Trinajstić information content (AvgIpc) is 2.75. The maximum atomic E-state index is 12.9. The number of amides is 2. The first kappa shape index (κ1) is 21.0. The zero-order valence-corrected chi connectivity index (χ0v) is 17.2. The number of aromatic nitrogens is 1. The van der Waals surface area contributed by atoms with E-state index in [0.717, 1.165) is 0 Å². The van der Waals surface area contributed by atoms with Crippen LogP contribution in [-0.4, -0.2) is 29.6 Å². The molecular formula is C22H20ClN5O2. The van der Waals surface area contributed by atoms with Crippen LogP contribution in [0.25, 0.3) is 0 Å². The lowest BCUT2D eigenvalue weighted by Gasteiger charge is -2.14. The smallest absolute Gasteiger partial charge is 0.258 e. The average molecular weight is 422 g/mol. The Balaban J connectivity index is 1.84. The summed E-state index contributed by atoms with van der Waals surface area (Å²) in [7, 11) is 1.70. The molecule has 1 aromatic heterocycles. The van der Waals surface area contributed by atoms with Gasteiger partial charge in [-0.1, -0.05) is 29.8 Å². The fourth-order valence-corrected chi connectivity index (χ4v) is 2.91. The molecule has 0 aliphatic rings. The fraction of sp³-hybridized carbons (Fsp3) is 0.0909. The minimum absolute atomic E-state index is 0.292. The second-order valence-corrected chi connectivity index (χ2v) is 6.89. The summed E-state index contributed by atoms with van der Waals surface area (Å²) in [6.45, 7) is 1.68. The Kier molecular flexibility index (Phi) is 6.44. The van der Waals surface area contributed by atoms with E-state index in [-0.39, 0.29) is 5.91 Å². The Morgan fingerprint density at radius 2 is 1.63 bits per heavy atom. The van der Waals surface area contributed by atoms with Crippen molar-refractivity contribution < 1.29 is 9.59 Å². The minimum atomic E-state index is -0.413. The molecule has 152 valence electrons. The molecule has 0 saturated heterocycles. The molecule has 0 atom stereocenters. The molecule has 0 saturated carbocycles. The van der Waals surface area contributed by atoms with Gasteiger partial charge in [0.2, 0.25) is 0 Å². The quantitative estimate of drug-likeness (QED) is 0.434. The molecule has 1 heterocycles. The van der Waals surface area contributed by atoms with Gasteiger partial charge in [-0.3, -0.25) is 9.59 Å². The second-order valence-electron chi connectivity index (χ2n) is 6.45. The van der Waals surface area contributed by atoms with E-state index in [0.29, 0.717) is 44.6 Å². The van der Waals surface area contributed by atoms with Crippen molar-refractivity contribution in [3.05, 3.63) is 82.5 Å². The topological polar surface area (TPSA) is 107 Å². The SMILES string of the molecule is CNc1cc(C(C)=N)ccc1C(=O)Nc1ccccc1C(=O)Nc1ccc(Cl)cn1. The Labute approximate surface area is 179 Å². The van der Waals surface area contributed by atoms with Gasteiger partial charge in [0.25, 0.3) is 11.8 Å². The predicted molar refractivity (Wildman–Crippen MR) is 120 cm³/mol. The maximum Gasteiger partial charge on any atom is 0.258 e. The minimum Gasteiger partial charge on any atom is -0.387 e. The Hall–Kier alpha value is -3.71. The first-order valence-corrected chi connectivity index (χ1v) is 9.47. The lowest BCUT2D eigenvalue weighted by Crippen LogP contribution is -2.19. The molecule has 0 spiro atoms. The molecule has 8 heteroatoms. The molecule has 0 unspecified atom stereocenters. The van der Waals surface area contributed by atoms with Crippen molar-refractivity contribution in [2.24, 2.45) is 0 Å². The second kappa shape index (κ2) is 9.19. The molecule has 0 aliphatic heterocycles. The number of pyridine rings is 1. The maximum absolute atomic E-state index is 12.9. The van der Waals surface area contributed by atoms with Gasteiger partial charge in [-0.2, -0.15) is 0 Å². The van der Waals surface area contributed by atoms with Crippen molar-refractivity contribution >= 4 is 46.3 Å². The van der Waals surface area contributed by atoms with Gasteiger partial charge >= 0.3 is 0 Å². The molecule has 30 heavy (non-hydrogen) atoms. The molecule has 0 fully saturated rings. The summed E-state index contributed by atoms with van der Waals surface area (Å²) in [5.41, 5.74) is 2.76. The van der Waals surface area contributed by atoms with Crippen molar-refractivity contribution in [1.82, 2.24) is 4.98 Å². The van der Waals surface area contributed by atoms with Crippen LogP contribution in [-0.2, 0) is 0 Å². The highest BCUT2D eigenvalue weighted by atomic mass is 35.5. The molecule has 7 nitrogen and oxygen atoms in total. The summed E-state index contributed by atoms with van der Waals surface area (Å²) in [6, 6.07) is 15.0. The van der Waals surface area contributed by atoms with Crippen molar-refractivity contribution in [2.75, 3.05) is 23.0 Å². The normalized spacial score (nSPS) is 10.2. The summed E-state index contributed by atoms with van der Waals surface area (Å²) >= 11 is 5.82. The highest BCUT2D eigenvalue weighted by Crippen LogP contribution is 2.22. The van der Waals surface area contributed by atoms with Crippen LogP contribution >= 0.6 is 11.6 Å². The van der Waals surface area contributed by atoms with Crippen molar-refractivity contribution in [3.8, 4) is 0 Å². The number of halogens is 1. The number of hydrogen-bond donors (Lipinski definition) is 4. The number of anilines is 3. The van der Waals surface area contributed by atoms with Crippen LogP contribution < -0.4 is 16.0 Å². The van der Waals surface area contributed by atoms with Gasteiger partial charge in [0.15, 0.2) is 0 Å². The van der Waals surface area contributed by atoms with Crippen molar-refractivity contribution in [2.45, 2.75) is 6.92 Å². The van der Waals surface area contributed by atoms with Crippen LogP contribution in [0.15, 0.2) is 60.8 Å². The van der Waals surface area contributed by atoms with Crippen molar-refractivity contribution in [1.29, 1.82) is 5.41 Å². The Bertz CT molecular complexity index is 1110.